The van der Waals surface area contributed by atoms with Gasteiger partial charge in [0.1, 0.15) is 5.82 Å². The predicted octanol–water partition coefficient (Wildman–Crippen LogP) is 4.38. The van der Waals surface area contributed by atoms with Crippen molar-refractivity contribution in [3.8, 4) is 0 Å². The maximum atomic E-state index is 4.52. The van der Waals surface area contributed by atoms with Gasteiger partial charge in [-0.25, -0.2) is 4.98 Å². The molecule has 2 aromatic carbocycles. The van der Waals surface area contributed by atoms with Crippen molar-refractivity contribution in [1.29, 1.82) is 0 Å². The Labute approximate surface area is 179 Å². The molecule has 2 aliphatic rings. The highest BCUT2D eigenvalue weighted by Crippen LogP contribution is 2.35. The van der Waals surface area contributed by atoms with E-state index in [0.29, 0.717) is 5.92 Å². The Balaban J connectivity index is 1.37. The maximum Gasteiger partial charge on any atom is 0.128 e. The van der Waals surface area contributed by atoms with E-state index < -0.39 is 0 Å². The average Bonchev–Trinajstić information content (AvgIpc) is 2.98. The van der Waals surface area contributed by atoms with Gasteiger partial charge in [0.05, 0.1) is 0 Å². The summed E-state index contributed by atoms with van der Waals surface area (Å²) in [6, 6.07) is 24.4. The van der Waals surface area contributed by atoms with E-state index in [-0.39, 0.29) is 0 Å². The Morgan fingerprint density at radius 1 is 0.800 bits per heavy atom. The normalized spacial score (nSPS) is 20.0. The molecular weight excluding hydrogens is 368 g/mol. The minimum absolute atomic E-state index is 0.487. The van der Waals surface area contributed by atoms with Crippen molar-refractivity contribution < 1.29 is 0 Å². The van der Waals surface area contributed by atoms with Crippen LogP contribution in [0.3, 0.4) is 0 Å². The Hall–Kier alpha value is -2.85. The molecule has 1 unspecified atom stereocenters. The van der Waals surface area contributed by atoms with E-state index in [4.69, 9.17) is 0 Å². The van der Waals surface area contributed by atoms with Gasteiger partial charge >= 0.3 is 0 Å². The van der Waals surface area contributed by atoms with Crippen LogP contribution >= 0.6 is 0 Å². The monoisotopic (exact) mass is 398 g/mol. The SMILES string of the molecule is CN1CCC(c2ccccc2)c2ccc(N3CCN(c4ccccn4)CC3)cc2C1. The van der Waals surface area contributed by atoms with Gasteiger partial charge in [0.2, 0.25) is 0 Å². The number of hydrogen-bond donors (Lipinski definition) is 0. The highest BCUT2D eigenvalue weighted by atomic mass is 15.3. The van der Waals surface area contributed by atoms with E-state index in [9.17, 15) is 0 Å². The Kier molecular flexibility index (Phi) is 5.41. The zero-order chi connectivity index (χ0) is 20.3. The van der Waals surface area contributed by atoms with Gasteiger partial charge in [-0.15, -0.1) is 0 Å². The summed E-state index contributed by atoms with van der Waals surface area (Å²) in [7, 11) is 2.25. The number of benzene rings is 2. The van der Waals surface area contributed by atoms with Crippen LogP contribution in [0.1, 0.15) is 29.0 Å². The summed E-state index contributed by atoms with van der Waals surface area (Å²) in [5.74, 6) is 1.58. The summed E-state index contributed by atoms with van der Waals surface area (Å²) in [4.78, 5) is 11.9. The number of fused-ring (bicyclic) bond motifs is 1. The molecule has 0 amide bonds. The number of nitrogens with zero attached hydrogens (tertiary/aromatic N) is 4. The standard InChI is InChI=1S/C26H30N4/c1-28-14-12-25(21-7-3-2-4-8-21)24-11-10-23(19-22(24)20-28)29-15-17-30(18-16-29)26-9-5-6-13-27-26/h2-11,13,19,25H,12,14-18,20H2,1H3. The lowest BCUT2D eigenvalue weighted by molar-refractivity contribution is 0.328. The van der Waals surface area contributed by atoms with Crippen LogP contribution in [-0.2, 0) is 6.54 Å². The van der Waals surface area contributed by atoms with Crippen molar-refractivity contribution in [2.45, 2.75) is 18.9 Å². The number of anilines is 2. The summed E-state index contributed by atoms with van der Waals surface area (Å²) >= 11 is 0. The van der Waals surface area contributed by atoms with Crippen molar-refractivity contribution in [2.75, 3.05) is 49.6 Å². The third-order valence-electron chi connectivity index (χ3n) is 6.56. The number of hydrogen-bond acceptors (Lipinski definition) is 4. The van der Waals surface area contributed by atoms with Gasteiger partial charge in [0.15, 0.2) is 0 Å². The average molecular weight is 399 g/mol. The van der Waals surface area contributed by atoms with Crippen LogP contribution in [0.15, 0.2) is 72.9 Å². The lowest BCUT2D eigenvalue weighted by Crippen LogP contribution is -2.46. The molecule has 3 aromatic rings. The molecule has 30 heavy (non-hydrogen) atoms. The molecule has 0 saturated carbocycles. The Bertz CT molecular complexity index is 965. The molecule has 4 nitrogen and oxygen atoms in total. The van der Waals surface area contributed by atoms with Gasteiger partial charge in [-0.05, 0) is 61.0 Å². The summed E-state index contributed by atoms with van der Waals surface area (Å²) < 4.78 is 0. The molecule has 1 atom stereocenters. The number of pyridine rings is 1. The second-order valence-corrected chi connectivity index (χ2v) is 8.53. The molecule has 154 valence electrons. The summed E-state index contributed by atoms with van der Waals surface area (Å²) in [5.41, 5.74) is 5.78. The van der Waals surface area contributed by atoms with Crippen molar-refractivity contribution in [3.63, 3.8) is 0 Å². The zero-order valence-corrected chi connectivity index (χ0v) is 17.7. The smallest absolute Gasteiger partial charge is 0.128 e. The van der Waals surface area contributed by atoms with E-state index in [1.54, 1.807) is 0 Å². The largest absolute Gasteiger partial charge is 0.368 e. The minimum Gasteiger partial charge on any atom is -0.368 e. The molecule has 4 heteroatoms. The summed E-state index contributed by atoms with van der Waals surface area (Å²) in [5, 5.41) is 0. The first kappa shape index (κ1) is 19.1. The number of rotatable bonds is 3. The molecule has 1 saturated heterocycles. The van der Waals surface area contributed by atoms with E-state index in [2.05, 4.69) is 87.4 Å². The van der Waals surface area contributed by atoms with Gasteiger partial charge in [0, 0.05) is 50.5 Å². The van der Waals surface area contributed by atoms with Crippen LogP contribution in [-0.4, -0.2) is 49.7 Å². The molecule has 0 spiro atoms. The van der Waals surface area contributed by atoms with Crippen LogP contribution < -0.4 is 9.80 Å². The summed E-state index contributed by atoms with van der Waals surface area (Å²) in [6.45, 7) is 6.26. The van der Waals surface area contributed by atoms with E-state index in [1.807, 2.05) is 12.3 Å². The van der Waals surface area contributed by atoms with Crippen LogP contribution in [0.2, 0.25) is 0 Å². The quantitative estimate of drug-likeness (QED) is 0.653. The molecule has 0 radical (unpaired) electrons. The first-order valence-electron chi connectivity index (χ1n) is 11.1. The van der Waals surface area contributed by atoms with Crippen LogP contribution in [0.25, 0.3) is 0 Å². The van der Waals surface area contributed by atoms with Gasteiger partial charge in [-0.3, -0.25) is 0 Å². The fourth-order valence-corrected chi connectivity index (χ4v) is 4.91. The Morgan fingerprint density at radius 3 is 2.33 bits per heavy atom. The molecule has 0 bridgehead atoms. The van der Waals surface area contributed by atoms with E-state index in [1.165, 1.54) is 28.8 Å². The third kappa shape index (κ3) is 3.92. The molecule has 2 aliphatic heterocycles. The van der Waals surface area contributed by atoms with Gasteiger partial charge in [-0.2, -0.15) is 0 Å². The van der Waals surface area contributed by atoms with Gasteiger partial charge < -0.3 is 14.7 Å². The second-order valence-electron chi connectivity index (χ2n) is 8.53. The van der Waals surface area contributed by atoms with Crippen LogP contribution in [0.4, 0.5) is 11.5 Å². The third-order valence-corrected chi connectivity index (χ3v) is 6.56. The lowest BCUT2D eigenvalue weighted by Gasteiger charge is -2.37. The van der Waals surface area contributed by atoms with Crippen molar-refractivity contribution >= 4 is 11.5 Å². The molecular formula is C26H30N4. The van der Waals surface area contributed by atoms with Gasteiger partial charge in [0.25, 0.3) is 0 Å². The summed E-state index contributed by atoms with van der Waals surface area (Å²) in [6.07, 6.45) is 3.06. The molecule has 1 aromatic heterocycles. The predicted molar refractivity (Wildman–Crippen MR) is 124 cm³/mol. The first-order chi connectivity index (χ1) is 14.8. The van der Waals surface area contributed by atoms with Crippen molar-refractivity contribution in [3.05, 3.63) is 89.6 Å². The fraction of sp³-hybridized carbons (Fsp3) is 0.346. The first-order valence-corrected chi connectivity index (χ1v) is 11.1. The number of piperazine rings is 1. The lowest BCUT2D eigenvalue weighted by atomic mass is 9.86. The maximum absolute atomic E-state index is 4.52. The molecule has 5 rings (SSSR count). The number of aromatic nitrogens is 1. The zero-order valence-electron chi connectivity index (χ0n) is 17.7. The molecule has 1 fully saturated rings. The van der Waals surface area contributed by atoms with E-state index in [0.717, 1.165) is 45.1 Å². The minimum atomic E-state index is 0.487. The Morgan fingerprint density at radius 2 is 1.57 bits per heavy atom. The van der Waals surface area contributed by atoms with Crippen molar-refractivity contribution in [2.24, 2.45) is 0 Å². The fourth-order valence-electron chi connectivity index (χ4n) is 4.91. The highest BCUT2D eigenvalue weighted by molar-refractivity contribution is 5.55. The van der Waals surface area contributed by atoms with Crippen LogP contribution in [0, 0.1) is 0 Å². The topological polar surface area (TPSA) is 22.6 Å². The van der Waals surface area contributed by atoms with Gasteiger partial charge in [-0.1, -0.05) is 42.5 Å². The highest BCUT2D eigenvalue weighted by Gasteiger charge is 2.24. The molecule has 3 heterocycles. The second kappa shape index (κ2) is 8.49. The molecule has 0 N–H and O–H groups in total. The molecule has 0 aliphatic carbocycles. The van der Waals surface area contributed by atoms with E-state index >= 15 is 0 Å². The van der Waals surface area contributed by atoms with Crippen molar-refractivity contribution in [1.82, 2.24) is 9.88 Å². The van der Waals surface area contributed by atoms with Crippen LogP contribution in [0.5, 0.6) is 0 Å².